The Hall–Kier alpha value is -0.230. The van der Waals surface area contributed by atoms with Crippen LogP contribution in [0.5, 0.6) is 0 Å². The van der Waals surface area contributed by atoms with E-state index < -0.39 is 6.43 Å². The predicted molar refractivity (Wildman–Crippen MR) is 59.1 cm³/mol. The first-order valence-electron chi connectivity index (χ1n) is 3.72. The lowest BCUT2D eigenvalue weighted by molar-refractivity contribution is 0.101. The van der Waals surface area contributed by atoms with Crippen molar-refractivity contribution in [2.45, 2.75) is 13.3 Å². The molecule has 1 rings (SSSR count). The normalized spacial score (nSPS) is 10.7. The third-order valence-electron chi connectivity index (χ3n) is 1.73. The third kappa shape index (κ3) is 2.23. The summed E-state index contributed by atoms with van der Waals surface area (Å²) in [5, 5.41) is -0.0340. The molecule has 1 aromatic rings. The number of carbonyl (C=O) groups excluding carboxylic acids is 1. The van der Waals surface area contributed by atoms with E-state index in [2.05, 4.69) is 0 Å². The van der Waals surface area contributed by atoms with Crippen LogP contribution in [-0.2, 0) is 0 Å². The molecule has 14 heavy (non-hydrogen) atoms. The average Bonchev–Trinajstić information content (AvgIpc) is 2.08. The number of halogens is 4. The zero-order valence-electron chi connectivity index (χ0n) is 7.15. The van der Waals surface area contributed by atoms with Gasteiger partial charge < -0.3 is 0 Å². The molecule has 0 bridgehead atoms. The monoisotopic (exact) mass is 330 g/mol. The molecule has 0 N–H and O–H groups in total. The number of hydrogen-bond donors (Lipinski definition) is 0. The van der Waals surface area contributed by atoms with E-state index in [1.165, 1.54) is 19.1 Å². The first-order valence-corrected chi connectivity index (χ1v) is 5.17. The Labute approximate surface area is 98.6 Å². The van der Waals surface area contributed by atoms with Crippen molar-refractivity contribution in [1.29, 1.82) is 0 Å². The summed E-state index contributed by atoms with van der Waals surface area (Å²) in [6.45, 7) is 1.37. The summed E-state index contributed by atoms with van der Waals surface area (Å²) in [4.78, 5) is 11.0. The second-order valence-corrected chi connectivity index (χ2v) is 4.14. The molecule has 0 unspecified atom stereocenters. The van der Waals surface area contributed by atoms with Crippen molar-refractivity contribution < 1.29 is 13.6 Å². The SMILES string of the molecule is CC(=O)c1ccc(C(F)F)c(Cl)c1I. The van der Waals surface area contributed by atoms with Gasteiger partial charge in [0.1, 0.15) is 0 Å². The molecule has 0 amide bonds. The van der Waals surface area contributed by atoms with Crippen molar-refractivity contribution in [1.82, 2.24) is 0 Å². The fraction of sp³-hybridized carbons (Fsp3) is 0.222. The molecule has 0 aliphatic carbocycles. The number of alkyl halides is 2. The zero-order chi connectivity index (χ0) is 10.9. The van der Waals surface area contributed by atoms with Crippen molar-refractivity contribution in [3.63, 3.8) is 0 Å². The van der Waals surface area contributed by atoms with Crippen molar-refractivity contribution in [2.75, 3.05) is 0 Å². The highest BCUT2D eigenvalue weighted by atomic mass is 127. The summed E-state index contributed by atoms with van der Waals surface area (Å²) in [6.07, 6.45) is -2.61. The van der Waals surface area contributed by atoms with Gasteiger partial charge >= 0.3 is 0 Å². The number of ketones is 1. The number of benzene rings is 1. The second kappa shape index (κ2) is 4.53. The average molecular weight is 330 g/mol. The van der Waals surface area contributed by atoms with Crippen LogP contribution in [-0.4, -0.2) is 5.78 Å². The van der Waals surface area contributed by atoms with Crippen LogP contribution >= 0.6 is 34.2 Å². The van der Waals surface area contributed by atoms with Crippen LogP contribution < -0.4 is 0 Å². The largest absolute Gasteiger partial charge is 0.294 e. The zero-order valence-corrected chi connectivity index (χ0v) is 10.1. The Balaban J connectivity index is 3.33. The summed E-state index contributed by atoms with van der Waals surface area (Å²) < 4.78 is 25.1. The van der Waals surface area contributed by atoms with E-state index in [1.54, 1.807) is 22.6 Å². The van der Waals surface area contributed by atoms with Crippen molar-refractivity contribution >= 4 is 40.0 Å². The molecule has 0 saturated carbocycles. The van der Waals surface area contributed by atoms with E-state index in [0.717, 1.165) is 0 Å². The Morgan fingerprint density at radius 3 is 2.50 bits per heavy atom. The Kier molecular flexibility index (Phi) is 3.83. The summed E-state index contributed by atoms with van der Waals surface area (Å²) in [5.74, 6) is -0.183. The van der Waals surface area contributed by atoms with Gasteiger partial charge in [0.25, 0.3) is 6.43 Å². The number of rotatable bonds is 2. The standard InChI is InChI=1S/C9H6ClF2IO/c1-4(14)5-2-3-6(9(11)12)7(10)8(5)13/h2-3,9H,1H3. The van der Waals surface area contributed by atoms with Crippen LogP contribution in [0.4, 0.5) is 8.78 Å². The lowest BCUT2D eigenvalue weighted by atomic mass is 10.1. The number of hydrogen-bond acceptors (Lipinski definition) is 1. The molecule has 5 heteroatoms. The third-order valence-corrected chi connectivity index (χ3v) is 3.57. The van der Waals surface area contributed by atoms with Gasteiger partial charge in [0, 0.05) is 14.7 Å². The van der Waals surface area contributed by atoms with Gasteiger partial charge in [0.05, 0.1) is 5.02 Å². The van der Waals surface area contributed by atoms with E-state index in [0.29, 0.717) is 9.13 Å². The molecule has 0 atom stereocenters. The first kappa shape index (κ1) is 11.8. The maximum absolute atomic E-state index is 12.4. The molecule has 0 radical (unpaired) electrons. The van der Waals surface area contributed by atoms with E-state index in [4.69, 9.17) is 11.6 Å². The minimum absolute atomic E-state index is 0.0340. The van der Waals surface area contributed by atoms with E-state index >= 15 is 0 Å². The van der Waals surface area contributed by atoms with E-state index in [1.807, 2.05) is 0 Å². The molecular weight excluding hydrogens is 324 g/mol. The maximum Gasteiger partial charge on any atom is 0.265 e. The molecule has 0 spiro atoms. The molecule has 76 valence electrons. The molecule has 0 heterocycles. The molecular formula is C9H6ClF2IO. The van der Waals surface area contributed by atoms with Gasteiger partial charge in [0.2, 0.25) is 0 Å². The summed E-state index contributed by atoms with van der Waals surface area (Å²) in [7, 11) is 0. The summed E-state index contributed by atoms with van der Waals surface area (Å²) >= 11 is 7.49. The fourth-order valence-corrected chi connectivity index (χ4v) is 2.12. The Morgan fingerprint density at radius 2 is 2.07 bits per heavy atom. The van der Waals surface area contributed by atoms with Crippen molar-refractivity contribution in [3.05, 3.63) is 31.9 Å². The van der Waals surface area contributed by atoms with E-state index in [-0.39, 0.29) is 16.4 Å². The lowest BCUT2D eigenvalue weighted by Crippen LogP contribution is -1.99. The molecule has 1 aromatic carbocycles. The summed E-state index contributed by atoms with van der Waals surface area (Å²) in [6, 6.07) is 2.56. The van der Waals surface area contributed by atoms with Gasteiger partial charge in [-0.3, -0.25) is 4.79 Å². The van der Waals surface area contributed by atoms with Crippen LogP contribution in [0.15, 0.2) is 12.1 Å². The maximum atomic E-state index is 12.4. The molecule has 0 aromatic heterocycles. The smallest absolute Gasteiger partial charge is 0.265 e. The Morgan fingerprint density at radius 1 is 1.50 bits per heavy atom. The van der Waals surface area contributed by atoms with Gasteiger partial charge in [-0.05, 0) is 35.6 Å². The molecule has 0 aliphatic heterocycles. The first-order chi connectivity index (χ1) is 6.45. The molecule has 0 aliphatic rings. The van der Waals surface area contributed by atoms with Crippen LogP contribution in [0, 0.1) is 3.57 Å². The molecule has 0 fully saturated rings. The topological polar surface area (TPSA) is 17.1 Å². The highest BCUT2D eigenvalue weighted by Crippen LogP contribution is 2.32. The van der Waals surface area contributed by atoms with Crippen molar-refractivity contribution in [2.24, 2.45) is 0 Å². The quantitative estimate of drug-likeness (QED) is 0.590. The van der Waals surface area contributed by atoms with Crippen LogP contribution in [0.3, 0.4) is 0 Å². The lowest BCUT2D eigenvalue weighted by Gasteiger charge is -2.07. The van der Waals surface area contributed by atoms with Gasteiger partial charge in [-0.25, -0.2) is 8.78 Å². The molecule has 1 nitrogen and oxygen atoms in total. The van der Waals surface area contributed by atoms with Crippen LogP contribution in [0.1, 0.15) is 29.3 Å². The highest BCUT2D eigenvalue weighted by Gasteiger charge is 2.17. The Bertz CT molecular complexity index is 379. The number of Topliss-reactive ketones (excluding diaryl/α,β-unsaturated/α-hetero) is 1. The van der Waals surface area contributed by atoms with Gasteiger partial charge in [0.15, 0.2) is 5.78 Å². The van der Waals surface area contributed by atoms with Gasteiger partial charge in [-0.15, -0.1) is 0 Å². The van der Waals surface area contributed by atoms with Gasteiger partial charge in [-0.1, -0.05) is 17.7 Å². The fourth-order valence-electron chi connectivity index (χ4n) is 1.00. The minimum atomic E-state index is -2.61. The van der Waals surface area contributed by atoms with E-state index in [9.17, 15) is 13.6 Å². The minimum Gasteiger partial charge on any atom is -0.294 e. The second-order valence-electron chi connectivity index (χ2n) is 2.69. The van der Waals surface area contributed by atoms with Crippen molar-refractivity contribution in [3.8, 4) is 0 Å². The predicted octanol–water partition coefficient (Wildman–Crippen LogP) is 4.08. The molecule has 0 saturated heterocycles. The number of carbonyl (C=O) groups is 1. The van der Waals surface area contributed by atoms with Gasteiger partial charge in [-0.2, -0.15) is 0 Å². The highest BCUT2D eigenvalue weighted by molar-refractivity contribution is 14.1. The van der Waals surface area contributed by atoms with Crippen LogP contribution in [0.2, 0.25) is 5.02 Å². The summed E-state index contributed by atoms with van der Waals surface area (Å²) in [5.41, 5.74) is 0.140. The van der Waals surface area contributed by atoms with Crippen LogP contribution in [0.25, 0.3) is 0 Å².